The lowest BCUT2D eigenvalue weighted by atomic mass is 9.97. The first-order valence-corrected chi connectivity index (χ1v) is 8.94. The first-order valence-electron chi connectivity index (χ1n) is 8.94. The Morgan fingerprint density at radius 3 is 2.67 bits per heavy atom. The molecule has 2 atom stereocenters. The summed E-state index contributed by atoms with van der Waals surface area (Å²) >= 11 is 0. The minimum Gasteiger partial charge on any atom is -0.379 e. The van der Waals surface area contributed by atoms with Gasteiger partial charge in [-0.25, -0.2) is 4.68 Å². The Kier molecular flexibility index (Phi) is 5.81. The highest BCUT2D eigenvalue weighted by Gasteiger charge is 2.28. The second-order valence-corrected chi connectivity index (χ2v) is 6.63. The fraction of sp³-hybridized carbons (Fsp3) is 0.667. The summed E-state index contributed by atoms with van der Waals surface area (Å²) in [5.74, 6) is 0.542. The number of rotatable bonds is 7. The zero-order valence-corrected chi connectivity index (χ0v) is 14.9. The molecule has 0 spiro atoms. The first kappa shape index (κ1) is 17.3. The standard InChI is InChI=1S/C18H28N4O2/c1-4-24-18(22-16-8-6-5-7-15(16)19-20-22)13-17(14(2)3)21-9-11-23-12-10-21/h5-8,14,17-18H,4,9-13H2,1-3H3/t17-,18-/m1/s1. The molecule has 1 aliphatic heterocycles. The van der Waals surface area contributed by atoms with Gasteiger partial charge in [0.25, 0.3) is 0 Å². The summed E-state index contributed by atoms with van der Waals surface area (Å²) in [5.41, 5.74) is 1.94. The van der Waals surface area contributed by atoms with Crippen LogP contribution in [0.25, 0.3) is 11.0 Å². The number of benzene rings is 1. The molecule has 0 saturated carbocycles. The molecule has 0 radical (unpaired) electrons. The largest absolute Gasteiger partial charge is 0.379 e. The van der Waals surface area contributed by atoms with Gasteiger partial charge >= 0.3 is 0 Å². The van der Waals surface area contributed by atoms with Crippen molar-refractivity contribution >= 4 is 11.0 Å². The zero-order valence-electron chi connectivity index (χ0n) is 14.9. The molecule has 0 N–H and O–H groups in total. The summed E-state index contributed by atoms with van der Waals surface area (Å²) in [6.07, 6.45) is 0.802. The van der Waals surface area contributed by atoms with Gasteiger partial charge in [-0.1, -0.05) is 31.2 Å². The van der Waals surface area contributed by atoms with Gasteiger partial charge in [0.1, 0.15) is 5.52 Å². The lowest BCUT2D eigenvalue weighted by molar-refractivity contribution is -0.0482. The van der Waals surface area contributed by atoms with Gasteiger partial charge in [-0.3, -0.25) is 4.90 Å². The highest BCUT2D eigenvalue weighted by Crippen LogP contribution is 2.26. The van der Waals surface area contributed by atoms with E-state index in [0.717, 1.165) is 43.8 Å². The molecule has 1 aromatic heterocycles. The van der Waals surface area contributed by atoms with Gasteiger partial charge in [-0.2, -0.15) is 0 Å². The van der Waals surface area contributed by atoms with Crippen LogP contribution in [0.4, 0.5) is 0 Å². The molecule has 0 unspecified atom stereocenters. The van der Waals surface area contributed by atoms with Crippen LogP contribution in [0.5, 0.6) is 0 Å². The minimum absolute atomic E-state index is 0.0994. The van der Waals surface area contributed by atoms with Crippen molar-refractivity contribution in [3.05, 3.63) is 24.3 Å². The monoisotopic (exact) mass is 332 g/mol. The number of hydrogen-bond donors (Lipinski definition) is 0. The lowest BCUT2D eigenvalue weighted by Crippen LogP contribution is -2.47. The molecule has 0 bridgehead atoms. The van der Waals surface area contributed by atoms with E-state index in [0.29, 0.717) is 18.6 Å². The van der Waals surface area contributed by atoms with Gasteiger partial charge in [0, 0.05) is 32.2 Å². The highest BCUT2D eigenvalue weighted by atomic mass is 16.5. The van der Waals surface area contributed by atoms with Gasteiger partial charge in [0.2, 0.25) is 0 Å². The normalized spacial score (nSPS) is 19.0. The third kappa shape index (κ3) is 3.77. The molecule has 132 valence electrons. The number of hydrogen-bond acceptors (Lipinski definition) is 5. The van der Waals surface area contributed by atoms with E-state index in [4.69, 9.17) is 9.47 Å². The summed E-state index contributed by atoms with van der Waals surface area (Å²) in [7, 11) is 0. The second-order valence-electron chi connectivity index (χ2n) is 6.63. The third-order valence-corrected chi connectivity index (χ3v) is 4.74. The van der Waals surface area contributed by atoms with Gasteiger partial charge in [-0.05, 0) is 25.0 Å². The van der Waals surface area contributed by atoms with E-state index in [1.165, 1.54) is 0 Å². The fourth-order valence-corrected chi connectivity index (χ4v) is 3.49. The smallest absolute Gasteiger partial charge is 0.154 e. The topological polar surface area (TPSA) is 52.4 Å². The van der Waals surface area contributed by atoms with E-state index in [-0.39, 0.29) is 6.23 Å². The molecule has 6 nitrogen and oxygen atoms in total. The van der Waals surface area contributed by atoms with Crippen LogP contribution in [0.1, 0.15) is 33.4 Å². The maximum atomic E-state index is 6.07. The van der Waals surface area contributed by atoms with Gasteiger partial charge in [0.15, 0.2) is 6.23 Å². The molecule has 1 aromatic carbocycles. The number of fused-ring (bicyclic) bond motifs is 1. The summed E-state index contributed by atoms with van der Waals surface area (Å²) in [4.78, 5) is 2.53. The van der Waals surface area contributed by atoms with E-state index in [9.17, 15) is 0 Å². The summed E-state index contributed by atoms with van der Waals surface area (Å²) in [5, 5.41) is 8.66. The van der Waals surface area contributed by atoms with Crippen molar-refractivity contribution in [2.24, 2.45) is 5.92 Å². The predicted octanol–water partition coefficient (Wildman–Crippen LogP) is 2.71. The number of ether oxygens (including phenoxy) is 2. The molecule has 1 saturated heterocycles. The van der Waals surface area contributed by atoms with Gasteiger partial charge in [0.05, 0.1) is 18.7 Å². The van der Waals surface area contributed by atoms with E-state index < -0.39 is 0 Å². The molecule has 2 heterocycles. The molecule has 3 rings (SSSR count). The van der Waals surface area contributed by atoms with Crippen molar-refractivity contribution in [2.45, 2.75) is 39.5 Å². The van der Waals surface area contributed by atoms with Crippen LogP contribution in [-0.4, -0.2) is 58.8 Å². The number of para-hydroxylation sites is 1. The lowest BCUT2D eigenvalue weighted by Gasteiger charge is -2.38. The number of nitrogens with zero attached hydrogens (tertiary/aromatic N) is 4. The molecular weight excluding hydrogens is 304 g/mol. The Labute approximate surface area is 143 Å². The van der Waals surface area contributed by atoms with Crippen molar-refractivity contribution < 1.29 is 9.47 Å². The Balaban J connectivity index is 1.83. The Morgan fingerprint density at radius 2 is 1.96 bits per heavy atom. The molecular formula is C18H28N4O2. The summed E-state index contributed by atoms with van der Waals surface area (Å²) < 4.78 is 13.5. The van der Waals surface area contributed by atoms with Crippen molar-refractivity contribution in [1.29, 1.82) is 0 Å². The van der Waals surface area contributed by atoms with Crippen LogP contribution in [0.2, 0.25) is 0 Å². The third-order valence-electron chi connectivity index (χ3n) is 4.74. The number of morpholine rings is 1. The molecule has 0 amide bonds. The van der Waals surface area contributed by atoms with Crippen LogP contribution < -0.4 is 0 Å². The molecule has 24 heavy (non-hydrogen) atoms. The number of aromatic nitrogens is 3. The average molecular weight is 332 g/mol. The second kappa shape index (κ2) is 8.05. The van der Waals surface area contributed by atoms with Gasteiger partial charge in [-0.15, -0.1) is 5.10 Å². The van der Waals surface area contributed by atoms with Crippen molar-refractivity contribution in [3.8, 4) is 0 Å². The maximum Gasteiger partial charge on any atom is 0.154 e. The Bertz CT molecular complexity index is 637. The Morgan fingerprint density at radius 1 is 1.21 bits per heavy atom. The van der Waals surface area contributed by atoms with Gasteiger partial charge < -0.3 is 9.47 Å². The minimum atomic E-state index is -0.0994. The molecule has 0 aliphatic carbocycles. The van der Waals surface area contributed by atoms with Crippen LogP contribution >= 0.6 is 0 Å². The van der Waals surface area contributed by atoms with Crippen LogP contribution in [0.3, 0.4) is 0 Å². The molecule has 2 aromatic rings. The average Bonchev–Trinajstić information content (AvgIpc) is 3.03. The first-order chi connectivity index (χ1) is 11.7. The van der Waals surface area contributed by atoms with E-state index in [1.54, 1.807) is 0 Å². The van der Waals surface area contributed by atoms with Crippen LogP contribution in [0, 0.1) is 5.92 Å². The Hall–Kier alpha value is -1.50. The fourth-order valence-electron chi connectivity index (χ4n) is 3.49. The van der Waals surface area contributed by atoms with E-state index in [2.05, 4.69) is 35.1 Å². The highest BCUT2D eigenvalue weighted by molar-refractivity contribution is 5.73. The van der Waals surface area contributed by atoms with E-state index in [1.807, 2.05) is 29.8 Å². The van der Waals surface area contributed by atoms with Crippen LogP contribution in [0.15, 0.2) is 24.3 Å². The zero-order chi connectivity index (χ0) is 16.9. The summed E-state index contributed by atoms with van der Waals surface area (Å²) in [6.45, 7) is 10.9. The van der Waals surface area contributed by atoms with E-state index >= 15 is 0 Å². The quantitative estimate of drug-likeness (QED) is 0.780. The van der Waals surface area contributed by atoms with Crippen LogP contribution in [-0.2, 0) is 9.47 Å². The molecule has 1 aliphatic rings. The molecule has 1 fully saturated rings. The molecule has 6 heteroatoms. The maximum absolute atomic E-state index is 6.07. The van der Waals surface area contributed by atoms with Crippen molar-refractivity contribution in [1.82, 2.24) is 19.9 Å². The van der Waals surface area contributed by atoms with Crippen molar-refractivity contribution in [2.75, 3.05) is 32.9 Å². The predicted molar refractivity (Wildman–Crippen MR) is 93.8 cm³/mol. The SMILES string of the molecule is CCO[C@H](C[C@H](C(C)C)N1CCOCC1)n1nnc2ccccc21. The van der Waals surface area contributed by atoms with Crippen molar-refractivity contribution in [3.63, 3.8) is 0 Å². The summed E-state index contributed by atoms with van der Waals surface area (Å²) in [6, 6.07) is 8.49.